The molecule has 0 spiro atoms. The molecular weight excluding hydrogens is 355 g/mol. The molecule has 2 atom stereocenters. The molecule has 0 aliphatic carbocycles. The van der Waals surface area contributed by atoms with E-state index in [0.29, 0.717) is 11.8 Å². The van der Waals surface area contributed by atoms with Crippen molar-refractivity contribution in [1.82, 2.24) is 24.9 Å². The summed E-state index contributed by atoms with van der Waals surface area (Å²) in [5, 5.41) is 7.04. The Bertz CT molecular complexity index is 1440. The fourth-order valence-corrected chi connectivity index (χ4v) is 3.25. The van der Waals surface area contributed by atoms with Crippen molar-refractivity contribution in [3.8, 4) is 0 Å². The zero-order valence-corrected chi connectivity index (χ0v) is 15.0. The van der Waals surface area contributed by atoms with E-state index in [1.54, 1.807) is 0 Å². The summed E-state index contributed by atoms with van der Waals surface area (Å²) in [5.41, 5.74) is -0.635. The van der Waals surface area contributed by atoms with E-state index in [1.807, 2.05) is 0 Å². The monoisotopic (exact) mass is 387 g/mol. The third-order valence-electron chi connectivity index (χ3n) is 4.58. The van der Waals surface area contributed by atoms with Crippen molar-refractivity contribution in [3.63, 3.8) is 0 Å². The second-order valence-electron chi connectivity index (χ2n) is 6.51. The Balaban J connectivity index is 1.93. The first-order valence-electron chi connectivity index (χ1n) is 13.2. The van der Waals surface area contributed by atoms with Crippen LogP contribution in [0.3, 0.4) is 0 Å². The Hall–Kier alpha value is -2.96. The van der Waals surface area contributed by atoms with Crippen LogP contribution < -0.4 is 10.2 Å². The summed E-state index contributed by atoms with van der Waals surface area (Å²) in [6.45, 7) is 4.63. The van der Waals surface area contributed by atoms with Gasteiger partial charge in [-0.15, -0.1) is 0 Å². The number of anilines is 1. The second kappa shape index (κ2) is 6.58. The van der Waals surface area contributed by atoms with Crippen LogP contribution in [0.1, 0.15) is 61.2 Å². The fraction of sp³-hybridized carbons (Fsp3) is 0.381. The summed E-state index contributed by atoms with van der Waals surface area (Å²) in [7, 11) is 0. The van der Waals surface area contributed by atoms with E-state index in [0.717, 1.165) is 11.0 Å². The summed E-state index contributed by atoms with van der Waals surface area (Å²) in [6.07, 6.45) is -7.91. The Labute approximate surface area is 175 Å². The van der Waals surface area contributed by atoms with Gasteiger partial charge in [-0.1, -0.05) is 6.58 Å². The maximum absolute atomic E-state index is 14.6. The molecule has 6 nitrogen and oxygen atoms in total. The SMILES string of the molecule is [2H]C1([2H])CN2c3ccn4ncc(c4n3)C(=C)N[C@H](C)C([2H])([2H])C([2H])([2H])c3ncc(F)cc3[C@@]2([2H])C1([2H])[2H]. The molecule has 3 aromatic rings. The van der Waals surface area contributed by atoms with E-state index in [9.17, 15) is 5.76 Å². The van der Waals surface area contributed by atoms with E-state index in [2.05, 4.69) is 27.0 Å². The zero-order valence-electron chi connectivity index (χ0n) is 24.0. The topological polar surface area (TPSA) is 58.4 Å². The number of pyridine rings is 1. The van der Waals surface area contributed by atoms with Crippen LogP contribution in [-0.2, 0) is 6.37 Å². The number of rotatable bonds is 0. The highest BCUT2D eigenvalue weighted by atomic mass is 19.1. The first-order chi connectivity index (χ1) is 17.0. The highest BCUT2D eigenvalue weighted by Gasteiger charge is 2.30. The van der Waals surface area contributed by atoms with Crippen LogP contribution in [0, 0.1) is 5.82 Å². The van der Waals surface area contributed by atoms with Crippen molar-refractivity contribution < 1.29 is 16.7 Å². The maximum Gasteiger partial charge on any atom is 0.166 e. The lowest BCUT2D eigenvalue weighted by Crippen LogP contribution is -2.26. The molecule has 0 aromatic carbocycles. The predicted molar refractivity (Wildman–Crippen MR) is 106 cm³/mol. The van der Waals surface area contributed by atoms with E-state index < -0.39 is 61.2 Å². The third kappa shape index (κ3) is 2.82. The minimum absolute atomic E-state index is 0.0478. The van der Waals surface area contributed by atoms with Crippen molar-refractivity contribution in [2.75, 3.05) is 11.4 Å². The number of aromatic nitrogens is 4. The van der Waals surface area contributed by atoms with Crippen molar-refractivity contribution in [3.05, 3.63) is 59.9 Å². The van der Waals surface area contributed by atoms with Gasteiger partial charge in [-0.3, -0.25) is 4.98 Å². The number of aryl methyl sites for hydroxylation is 1. The Morgan fingerprint density at radius 1 is 1.39 bits per heavy atom. The third-order valence-corrected chi connectivity index (χ3v) is 4.58. The molecule has 2 aliphatic rings. The molecule has 0 amide bonds. The zero-order chi connectivity index (χ0) is 27.3. The van der Waals surface area contributed by atoms with Crippen molar-refractivity contribution in [2.45, 2.75) is 44.5 Å². The van der Waals surface area contributed by atoms with Crippen LogP contribution in [0.4, 0.5) is 10.2 Å². The number of fused-ring (bicyclic) bond motifs is 5. The van der Waals surface area contributed by atoms with Gasteiger partial charge in [0.15, 0.2) is 5.65 Å². The Kier molecular flexibility index (Phi) is 2.35. The molecule has 5 heterocycles. The molecule has 1 saturated heterocycles. The predicted octanol–water partition coefficient (Wildman–Crippen LogP) is 3.50. The number of hydrogen-bond donors (Lipinski definition) is 1. The summed E-state index contributed by atoms with van der Waals surface area (Å²) in [5.74, 6) is -1.07. The standard InChI is InChI=1S/C21H23FN6/c1-13-5-6-18-16(10-15(22)11-23-18)19-4-3-8-27(19)20-7-9-28-21(26-20)17(12-24-28)14(2)25-13/h7,9-13,19,25H,2-6,8H2,1H3/t13-,19-/m1/s1/i3D2,4D2,5D2,6D2,19D. The second-order valence-corrected chi connectivity index (χ2v) is 6.51. The largest absolute Gasteiger partial charge is 0.382 e. The fourth-order valence-electron chi connectivity index (χ4n) is 3.25. The minimum Gasteiger partial charge on any atom is -0.382 e. The van der Waals surface area contributed by atoms with Gasteiger partial charge in [0.25, 0.3) is 0 Å². The lowest BCUT2D eigenvalue weighted by Gasteiger charge is -2.27. The molecule has 1 N–H and O–H groups in total. The molecule has 5 rings (SSSR count). The normalized spacial score (nSPS) is 36.8. The quantitative estimate of drug-likeness (QED) is 0.640. The van der Waals surface area contributed by atoms with Crippen LogP contribution in [0.25, 0.3) is 11.3 Å². The minimum atomic E-state index is -3.04. The van der Waals surface area contributed by atoms with Crippen LogP contribution in [0.15, 0.2) is 37.3 Å². The summed E-state index contributed by atoms with van der Waals surface area (Å²) in [4.78, 5) is 9.34. The van der Waals surface area contributed by atoms with Crippen LogP contribution in [0.2, 0.25) is 0 Å². The van der Waals surface area contributed by atoms with Gasteiger partial charge in [0.05, 0.1) is 25.3 Å². The molecule has 3 aromatic heterocycles. The molecular formula is C21H23FN6. The molecule has 2 aliphatic heterocycles. The summed E-state index contributed by atoms with van der Waals surface area (Å²) >= 11 is 0. The number of hydrogen-bond acceptors (Lipinski definition) is 5. The highest BCUT2D eigenvalue weighted by molar-refractivity contribution is 5.74. The molecule has 7 heteroatoms. The average Bonchev–Trinajstić information content (AvgIpc) is 3.29. The van der Waals surface area contributed by atoms with Crippen molar-refractivity contribution in [2.24, 2.45) is 0 Å². The first kappa shape index (κ1) is 10.0. The molecule has 1 fully saturated rings. The van der Waals surface area contributed by atoms with E-state index in [-0.39, 0.29) is 17.2 Å². The van der Waals surface area contributed by atoms with Crippen LogP contribution in [0.5, 0.6) is 0 Å². The highest BCUT2D eigenvalue weighted by Crippen LogP contribution is 2.37. The van der Waals surface area contributed by atoms with E-state index in [4.69, 9.17) is 11.0 Å². The molecule has 0 saturated carbocycles. The van der Waals surface area contributed by atoms with Gasteiger partial charge >= 0.3 is 0 Å². The van der Waals surface area contributed by atoms with Gasteiger partial charge in [-0.2, -0.15) is 5.10 Å². The average molecular weight is 388 g/mol. The van der Waals surface area contributed by atoms with Gasteiger partial charge in [0.2, 0.25) is 0 Å². The summed E-state index contributed by atoms with van der Waals surface area (Å²) < 4.78 is 94.8. The number of halogens is 1. The van der Waals surface area contributed by atoms with Crippen LogP contribution >= 0.6 is 0 Å². The van der Waals surface area contributed by atoms with Gasteiger partial charge in [0.1, 0.15) is 11.6 Å². The van der Waals surface area contributed by atoms with E-state index in [1.165, 1.54) is 29.9 Å². The molecule has 2 bridgehead atoms. The van der Waals surface area contributed by atoms with Gasteiger partial charge in [-0.05, 0) is 50.1 Å². The van der Waals surface area contributed by atoms with Gasteiger partial charge < -0.3 is 10.2 Å². The smallest absolute Gasteiger partial charge is 0.166 e. The van der Waals surface area contributed by atoms with Gasteiger partial charge in [-0.25, -0.2) is 13.9 Å². The Morgan fingerprint density at radius 2 is 2.29 bits per heavy atom. The maximum atomic E-state index is 14.6. The van der Waals surface area contributed by atoms with Crippen molar-refractivity contribution in [1.29, 1.82) is 0 Å². The lowest BCUT2D eigenvalue weighted by molar-refractivity contribution is 0.575. The number of nitrogens with one attached hydrogen (secondary N) is 1. The van der Waals surface area contributed by atoms with Crippen LogP contribution in [-0.4, -0.2) is 32.2 Å². The molecule has 0 radical (unpaired) electrons. The number of nitrogens with zero attached hydrogens (tertiary/aromatic N) is 5. The molecule has 28 heavy (non-hydrogen) atoms. The van der Waals surface area contributed by atoms with Gasteiger partial charge in [0, 0.05) is 41.1 Å². The summed E-state index contributed by atoms with van der Waals surface area (Å²) in [6, 6.07) is -1.94. The Morgan fingerprint density at radius 3 is 3.18 bits per heavy atom. The molecule has 0 unspecified atom stereocenters. The van der Waals surface area contributed by atoms with Crippen molar-refractivity contribution >= 4 is 17.2 Å². The first-order valence-corrected chi connectivity index (χ1v) is 8.71. The lowest BCUT2D eigenvalue weighted by atomic mass is 9.98. The molecule has 144 valence electrons. The van der Waals surface area contributed by atoms with E-state index >= 15 is 0 Å².